The number of aliphatic hydroxyl groups is 1. The lowest BCUT2D eigenvalue weighted by molar-refractivity contribution is -0.137. The van der Waals surface area contributed by atoms with Gasteiger partial charge in [-0.3, -0.25) is 9.59 Å². The number of rotatable bonds is 9. The van der Waals surface area contributed by atoms with Crippen LogP contribution < -0.4 is 14.8 Å². The molecule has 0 aromatic heterocycles. The largest absolute Gasteiger partial charge is 0.486 e. The highest BCUT2D eigenvalue weighted by atomic mass is 19.4. The molecular weight excluding hydrogens is 477 g/mol. The number of carbonyl (C=O) groups excluding carboxylic acids is 2. The Labute approximate surface area is 207 Å². The van der Waals surface area contributed by atoms with E-state index in [9.17, 15) is 27.9 Å². The van der Waals surface area contributed by atoms with Gasteiger partial charge in [-0.25, -0.2) is 0 Å². The van der Waals surface area contributed by atoms with Gasteiger partial charge in [0.25, 0.3) is 0 Å². The van der Waals surface area contributed by atoms with Gasteiger partial charge in [-0.2, -0.15) is 13.2 Å². The minimum atomic E-state index is -4.48. The molecule has 2 atom stereocenters. The van der Waals surface area contributed by atoms with Crippen molar-refractivity contribution in [1.82, 2.24) is 10.2 Å². The lowest BCUT2D eigenvalue weighted by Crippen LogP contribution is -2.46. The van der Waals surface area contributed by atoms with Crippen molar-refractivity contribution >= 4 is 11.7 Å². The fraction of sp³-hybridized carbons (Fsp3) is 0.462. The molecule has 2 aliphatic rings. The van der Waals surface area contributed by atoms with Gasteiger partial charge in [0.15, 0.2) is 17.3 Å². The summed E-state index contributed by atoms with van der Waals surface area (Å²) >= 11 is 0. The number of fused-ring (bicyclic) bond motifs is 1. The highest BCUT2D eigenvalue weighted by Gasteiger charge is 2.31. The smallest absolute Gasteiger partial charge is 0.416 e. The molecule has 1 fully saturated rings. The van der Waals surface area contributed by atoms with Crippen LogP contribution in [0.1, 0.15) is 53.3 Å². The van der Waals surface area contributed by atoms with Gasteiger partial charge < -0.3 is 24.8 Å². The van der Waals surface area contributed by atoms with Crippen LogP contribution in [0.5, 0.6) is 11.5 Å². The second-order valence-corrected chi connectivity index (χ2v) is 9.03. The molecule has 0 aliphatic carbocycles. The third-order valence-corrected chi connectivity index (χ3v) is 6.40. The number of carbonyl (C=O) groups is 2. The molecule has 2 aromatic carbocycles. The lowest BCUT2D eigenvalue weighted by Gasteiger charge is -2.29. The number of hydrogen-bond acceptors (Lipinski definition) is 6. The van der Waals surface area contributed by atoms with Gasteiger partial charge >= 0.3 is 6.18 Å². The summed E-state index contributed by atoms with van der Waals surface area (Å²) in [6.45, 7) is 3.04. The van der Waals surface area contributed by atoms with Crippen molar-refractivity contribution in [2.75, 3.05) is 32.8 Å². The zero-order valence-electron chi connectivity index (χ0n) is 19.7. The highest BCUT2D eigenvalue weighted by Crippen LogP contribution is 2.34. The molecule has 0 radical (unpaired) electrons. The summed E-state index contributed by atoms with van der Waals surface area (Å²) in [7, 11) is 0. The van der Waals surface area contributed by atoms with E-state index in [1.807, 2.05) is 0 Å². The van der Waals surface area contributed by atoms with Crippen LogP contribution in [0.3, 0.4) is 0 Å². The Morgan fingerprint density at radius 3 is 2.31 bits per heavy atom. The van der Waals surface area contributed by atoms with Gasteiger partial charge in [-0.05, 0) is 55.8 Å². The van der Waals surface area contributed by atoms with Crippen molar-refractivity contribution in [1.29, 1.82) is 0 Å². The molecule has 4 rings (SSSR count). The van der Waals surface area contributed by atoms with Crippen LogP contribution in [0.25, 0.3) is 0 Å². The van der Waals surface area contributed by atoms with E-state index in [4.69, 9.17) is 9.47 Å². The monoisotopic (exact) mass is 506 g/mol. The van der Waals surface area contributed by atoms with E-state index >= 15 is 0 Å². The topological polar surface area (TPSA) is 88.1 Å². The van der Waals surface area contributed by atoms with E-state index in [0.29, 0.717) is 36.8 Å². The van der Waals surface area contributed by atoms with Crippen LogP contribution in [-0.2, 0) is 11.0 Å². The average molecular weight is 507 g/mol. The molecule has 2 aliphatic heterocycles. The average Bonchev–Trinajstić information content (AvgIpc) is 3.39. The predicted octanol–water partition coefficient (Wildman–Crippen LogP) is 3.75. The Bertz CT molecular complexity index is 1070. The Hall–Kier alpha value is -3.11. The molecule has 0 saturated carbocycles. The van der Waals surface area contributed by atoms with Crippen LogP contribution in [0.15, 0.2) is 42.5 Å². The number of alkyl halides is 3. The zero-order chi connectivity index (χ0) is 25.7. The number of likely N-dealkylation sites (tertiary alicyclic amines) is 1. The molecule has 2 aromatic rings. The fourth-order valence-corrected chi connectivity index (χ4v) is 4.44. The third-order valence-electron chi connectivity index (χ3n) is 6.40. The first-order valence-electron chi connectivity index (χ1n) is 12.0. The molecule has 0 spiro atoms. The second kappa shape index (κ2) is 11.3. The summed E-state index contributed by atoms with van der Waals surface area (Å²) < 4.78 is 49.4. The van der Waals surface area contributed by atoms with Gasteiger partial charge in [0, 0.05) is 24.9 Å². The normalized spacial score (nSPS) is 17.4. The van der Waals surface area contributed by atoms with Crippen molar-refractivity contribution in [3.8, 4) is 11.5 Å². The van der Waals surface area contributed by atoms with Gasteiger partial charge in [0.05, 0.1) is 11.6 Å². The quantitative estimate of drug-likeness (QED) is 0.504. The summed E-state index contributed by atoms with van der Waals surface area (Å²) in [5, 5.41) is 14.0. The summed E-state index contributed by atoms with van der Waals surface area (Å²) in [6, 6.07) is 8.47. The third kappa shape index (κ3) is 6.55. The number of ether oxygens (including phenoxy) is 2. The molecule has 2 heterocycles. The molecule has 7 nitrogen and oxygen atoms in total. The van der Waals surface area contributed by atoms with E-state index < -0.39 is 35.6 Å². The molecule has 0 bridgehead atoms. The predicted molar refractivity (Wildman–Crippen MR) is 125 cm³/mol. The van der Waals surface area contributed by atoms with Crippen molar-refractivity contribution < 1.29 is 37.3 Å². The first-order chi connectivity index (χ1) is 17.2. The summed E-state index contributed by atoms with van der Waals surface area (Å²) in [5.74, 6) is 0.281. The Morgan fingerprint density at radius 2 is 1.64 bits per heavy atom. The molecule has 10 heteroatoms. The van der Waals surface area contributed by atoms with Crippen molar-refractivity contribution in [3.63, 3.8) is 0 Å². The number of amides is 1. The van der Waals surface area contributed by atoms with Crippen LogP contribution in [0.4, 0.5) is 13.2 Å². The molecule has 1 amide bonds. The van der Waals surface area contributed by atoms with Gasteiger partial charge in [0.2, 0.25) is 5.91 Å². The Kier molecular flexibility index (Phi) is 8.15. The minimum absolute atomic E-state index is 0.112. The maximum Gasteiger partial charge on any atom is 0.416 e. The molecule has 36 heavy (non-hydrogen) atoms. The summed E-state index contributed by atoms with van der Waals surface area (Å²) in [4.78, 5) is 27.3. The first-order valence-corrected chi connectivity index (χ1v) is 12.0. The van der Waals surface area contributed by atoms with Crippen LogP contribution >= 0.6 is 0 Å². The van der Waals surface area contributed by atoms with Crippen LogP contribution in [-0.4, -0.2) is 60.6 Å². The maximum atomic E-state index is 12.7. The van der Waals surface area contributed by atoms with E-state index in [2.05, 4.69) is 10.2 Å². The highest BCUT2D eigenvalue weighted by molar-refractivity contribution is 5.98. The zero-order valence-corrected chi connectivity index (χ0v) is 19.7. The van der Waals surface area contributed by atoms with Crippen molar-refractivity contribution in [2.24, 2.45) is 0 Å². The van der Waals surface area contributed by atoms with E-state index in [0.717, 1.165) is 50.2 Å². The molecule has 2 N–H and O–H groups in total. The maximum absolute atomic E-state index is 12.7. The number of ketones is 1. The van der Waals surface area contributed by atoms with E-state index in [1.165, 1.54) is 0 Å². The Balaban J connectivity index is 1.39. The number of benzene rings is 2. The minimum Gasteiger partial charge on any atom is -0.486 e. The number of Topliss-reactive ketones (excluding diaryl/α,β-unsaturated/α-hetero) is 1. The van der Waals surface area contributed by atoms with Crippen LogP contribution in [0.2, 0.25) is 0 Å². The SMILES string of the molecule is O=C(CCC(=O)c1ccc(C(F)(F)F)cc1)N[C@H](CN1CCCC1)[C@H](O)c1ccc2c(c1)OCCO2. The molecule has 0 unspecified atom stereocenters. The molecule has 194 valence electrons. The summed E-state index contributed by atoms with van der Waals surface area (Å²) in [6.07, 6.45) is -3.72. The molecular formula is C26H29F3N2O5. The standard InChI is InChI=1S/C26H29F3N2O5/c27-26(28,29)19-6-3-17(4-7-19)21(32)8-10-24(33)30-20(16-31-11-1-2-12-31)25(34)18-5-9-22-23(15-18)36-14-13-35-22/h3-7,9,15,20,25,34H,1-2,8,10-14,16H2,(H,30,33)/t20-,25-/m1/s1. The number of nitrogens with one attached hydrogen (secondary N) is 1. The first kappa shape index (κ1) is 26.0. The van der Waals surface area contributed by atoms with E-state index in [1.54, 1.807) is 18.2 Å². The number of hydrogen-bond donors (Lipinski definition) is 2. The molecule has 1 saturated heterocycles. The number of nitrogens with zero attached hydrogens (tertiary/aromatic N) is 1. The summed E-state index contributed by atoms with van der Waals surface area (Å²) in [5.41, 5.74) is -0.153. The van der Waals surface area contributed by atoms with Crippen LogP contribution in [0, 0.1) is 0 Å². The number of halogens is 3. The van der Waals surface area contributed by atoms with E-state index in [-0.39, 0.29) is 18.4 Å². The second-order valence-electron chi connectivity index (χ2n) is 9.03. The number of aliphatic hydroxyl groups excluding tert-OH is 1. The van der Waals surface area contributed by atoms with Crippen molar-refractivity contribution in [2.45, 2.75) is 44.0 Å². The fourth-order valence-electron chi connectivity index (χ4n) is 4.44. The Morgan fingerprint density at radius 1 is 0.972 bits per heavy atom. The van der Waals surface area contributed by atoms with Crippen molar-refractivity contribution in [3.05, 3.63) is 59.2 Å². The van der Waals surface area contributed by atoms with Gasteiger partial charge in [-0.15, -0.1) is 0 Å². The van der Waals surface area contributed by atoms with Gasteiger partial charge in [-0.1, -0.05) is 18.2 Å². The lowest BCUT2D eigenvalue weighted by atomic mass is 10.00. The van der Waals surface area contributed by atoms with Gasteiger partial charge in [0.1, 0.15) is 19.3 Å².